The number of nitrogens with zero attached hydrogens (tertiary/aromatic N) is 5. The average Bonchev–Trinajstić information content (AvgIpc) is 3.25. The smallest absolute Gasteiger partial charge is 0.236 e. The first-order valence-electron chi connectivity index (χ1n) is 10.3. The average molecular weight is 469 g/mol. The number of hydrogen-bond acceptors (Lipinski definition) is 7. The molecule has 9 nitrogen and oxygen atoms in total. The lowest BCUT2D eigenvalue weighted by Gasteiger charge is -2.21. The van der Waals surface area contributed by atoms with Gasteiger partial charge in [-0.1, -0.05) is 6.07 Å². The van der Waals surface area contributed by atoms with E-state index in [1.807, 2.05) is 0 Å². The zero-order valence-electron chi connectivity index (χ0n) is 17.8. The topological polar surface area (TPSA) is 132 Å². The summed E-state index contributed by atoms with van der Waals surface area (Å²) in [6.45, 7) is 1.05. The standard InChI is InChI=1S/C22H18F3N7O2/c1-22(5-6-33)15-17(26)28-19(29-18(15)30-21(22)34)16-11-7-10(23)8-27-20(11)32(31-16)9-12-13(24)3-2-4-14(12)25/h2-4,7-8,33H,5-6,9H2,1H3,(H3,26,28,29,30,34). The number of rotatable bonds is 5. The number of nitrogens with one attached hydrogen (secondary N) is 1. The monoisotopic (exact) mass is 469 g/mol. The van der Waals surface area contributed by atoms with E-state index in [0.29, 0.717) is 5.56 Å². The molecule has 0 bridgehead atoms. The van der Waals surface area contributed by atoms with E-state index in [2.05, 4.69) is 25.4 Å². The van der Waals surface area contributed by atoms with Crippen molar-refractivity contribution in [3.63, 3.8) is 0 Å². The summed E-state index contributed by atoms with van der Waals surface area (Å²) in [5.74, 6) is -2.49. The number of anilines is 2. The number of carbonyl (C=O) groups is 1. The number of pyridine rings is 1. The molecule has 174 valence electrons. The molecule has 1 unspecified atom stereocenters. The second-order valence-electron chi connectivity index (χ2n) is 8.15. The van der Waals surface area contributed by atoms with Crippen LogP contribution in [0.15, 0.2) is 30.5 Å². The molecule has 0 spiro atoms. The Morgan fingerprint density at radius 1 is 1.21 bits per heavy atom. The maximum absolute atomic E-state index is 14.2. The molecule has 1 atom stereocenters. The highest BCUT2D eigenvalue weighted by Crippen LogP contribution is 2.43. The Bertz CT molecular complexity index is 1450. The van der Waals surface area contributed by atoms with Gasteiger partial charge in [0.25, 0.3) is 0 Å². The third-order valence-corrected chi connectivity index (χ3v) is 5.97. The van der Waals surface area contributed by atoms with Gasteiger partial charge in [0.2, 0.25) is 5.91 Å². The Morgan fingerprint density at radius 3 is 2.65 bits per heavy atom. The van der Waals surface area contributed by atoms with Crippen LogP contribution in [0, 0.1) is 17.5 Å². The number of fused-ring (bicyclic) bond motifs is 2. The van der Waals surface area contributed by atoms with Gasteiger partial charge in [-0.25, -0.2) is 32.8 Å². The Labute approximate surface area is 190 Å². The highest BCUT2D eigenvalue weighted by Gasteiger charge is 2.45. The zero-order valence-corrected chi connectivity index (χ0v) is 17.8. The van der Waals surface area contributed by atoms with Crippen molar-refractivity contribution in [2.75, 3.05) is 17.7 Å². The predicted molar refractivity (Wildman–Crippen MR) is 116 cm³/mol. The van der Waals surface area contributed by atoms with Crippen LogP contribution < -0.4 is 11.1 Å². The van der Waals surface area contributed by atoms with Crippen molar-refractivity contribution >= 4 is 28.6 Å². The minimum atomic E-state index is -1.12. The molecule has 4 N–H and O–H groups in total. The van der Waals surface area contributed by atoms with E-state index in [4.69, 9.17) is 5.73 Å². The summed E-state index contributed by atoms with van der Waals surface area (Å²) in [5, 5.41) is 16.6. The van der Waals surface area contributed by atoms with E-state index in [9.17, 15) is 23.1 Å². The molecule has 0 saturated carbocycles. The van der Waals surface area contributed by atoms with Crippen LogP contribution in [0.2, 0.25) is 0 Å². The van der Waals surface area contributed by atoms with Crippen molar-refractivity contribution in [1.29, 1.82) is 0 Å². The maximum Gasteiger partial charge on any atom is 0.236 e. The first-order valence-corrected chi connectivity index (χ1v) is 10.3. The molecular weight excluding hydrogens is 451 g/mol. The molecule has 3 aromatic heterocycles. The molecule has 0 fully saturated rings. The molecule has 1 aromatic carbocycles. The Balaban J connectivity index is 1.67. The third-order valence-electron chi connectivity index (χ3n) is 5.97. The van der Waals surface area contributed by atoms with Gasteiger partial charge in [-0.05, 0) is 31.5 Å². The summed E-state index contributed by atoms with van der Waals surface area (Å²) in [5.41, 5.74) is 5.37. The molecule has 0 aliphatic carbocycles. The summed E-state index contributed by atoms with van der Waals surface area (Å²) in [4.78, 5) is 25.3. The van der Waals surface area contributed by atoms with Crippen LogP contribution in [0.5, 0.6) is 0 Å². The van der Waals surface area contributed by atoms with Crippen LogP contribution in [0.25, 0.3) is 22.6 Å². The quantitative estimate of drug-likeness (QED) is 0.409. The van der Waals surface area contributed by atoms with Gasteiger partial charge in [0.05, 0.1) is 29.1 Å². The van der Waals surface area contributed by atoms with Crippen LogP contribution in [0.1, 0.15) is 24.5 Å². The minimum absolute atomic E-state index is 0.0125. The number of aliphatic hydroxyl groups is 1. The van der Waals surface area contributed by atoms with E-state index >= 15 is 0 Å². The highest BCUT2D eigenvalue weighted by atomic mass is 19.1. The fourth-order valence-corrected chi connectivity index (χ4v) is 4.18. The van der Waals surface area contributed by atoms with Gasteiger partial charge in [-0.15, -0.1) is 0 Å². The lowest BCUT2D eigenvalue weighted by Crippen LogP contribution is -2.32. The number of nitrogen functional groups attached to an aromatic ring is 1. The number of hydrogen-bond donors (Lipinski definition) is 3. The minimum Gasteiger partial charge on any atom is -0.396 e. The van der Waals surface area contributed by atoms with Crippen molar-refractivity contribution < 1.29 is 23.1 Å². The van der Waals surface area contributed by atoms with Gasteiger partial charge in [0.15, 0.2) is 11.5 Å². The SMILES string of the molecule is CC1(CCO)C(=O)Nc2nc(-c3nn(Cc4c(F)cccc4F)c4ncc(F)cc34)nc(N)c21. The normalized spacial score (nSPS) is 17.3. The molecule has 0 radical (unpaired) electrons. The maximum atomic E-state index is 14.2. The summed E-state index contributed by atoms with van der Waals surface area (Å²) in [6, 6.07) is 4.64. The lowest BCUT2D eigenvalue weighted by atomic mass is 9.81. The fourth-order valence-electron chi connectivity index (χ4n) is 4.18. The first-order chi connectivity index (χ1) is 16.2. The Hall–Kier alpha value is -4.06. The van der Waals surface area contributed by atoms with E-state index in [1.165, 1.54) is 10.7 Å². The van der Waals surface area contributed by atoms with Crippen LogP contribution in [-0.2, 0) is 16.8 Å². The molecule has 4 aromatic rings. The lowest BCUT2D eigenvalue weighted by molar-refractivity contribution is -0.120. The first kappa shape index (κ1) is 21.8. The number of nitrogens with two attached hydrogens (primary N) is 1. The van der Waals surface area contributed by atoms with Crippen molar-refractivity contribution in [3.05, 3.63) is 59.0 Å². The van der Waals surface area contributed by atoms with Crippen LogP contribution in [-0.4, -0.2) is 42.4 Å². The number of aliphatic hydroxyl groups excluding tert-OH is 1. The summed E-state index contributed by atoms with van der Waals surface area (Å²) >= 11 is 0. The van der Waals surface area contributed by atoms with E-state index in [-0.39, 0.29) is 59.3 Å². The van der Waals surface area contributed by atoms with Gasteiger partial charge in [0.1, 0.15) is 34.8 Å². The number of aromatic nitrogens is 5. The fraction of sp³-hybridized carbons (Fsp3) is 0.227. The van der Waals surface area contributed by atoms with Crippen molar-refractivity contribution in [3.8, 4) is 11.5 Å². The molecule has 5 rings (SSSR count). The van der Waals surface area contributed by atoms with E-state index < -0.39 is 28.8 Å². The highest BCUT2D eigenvalue weighted by molar-refractivity contribution is 6.06. The molecule has 4 heterocycles. The molecular formula is C22H18F3N7O2. The zero-order chi connectivity index (χ0) is 24.2. The van der Waals surface area contributed by atoms with Gasteiger partial charge in [-0.2, -0.15) is 5.10 Å². The number of halogens is 3. The van der Waals surface area contributed by atoms with Gasteiger partial charge >= 0.3 is 0 Å². The largest absolute Gasteiger partial charge is 0.396 e. The van der Waals surface area contributed by atoms with Crippen LogP contribution >= 0.6 is 0 Å². The molecule has 0 saturated heterocycles. The van der Waals surface area contributed by atoms with Gasteiger partial charge in [-0.3, -0.25) is 4.79 Å². The summed E-state index contributed by atoms with van der Waals surface area (Å²) in [6.07, 6.45) is 1.07. The van der Waals surface area contributed by atoms with E-state index in [0.717, 1.165) is 24.4 Å². The van der Waals surface area contributed by atoms with Crippen molar-refractivity contribution in [2.24, 2.45) is 0 Å². The second-order valence-corrected chi connectivity index (χ2v) is 8.15. The molecule has 1 amide bonds. The molecule has 1 aliphatic heterocycles. The number of benzene rings is 1. The Morgan fingerprint density at radius 2 is 1.94 bits per heavy atom. The van der Waals surface area contributed by atoms with Gasteiger partial charge in [0, 0.05) is 12.2 Å². The van der Waals surface area contributed by atoms with Crippen molar-refractivity contribution in [2.45, 2.75) is 25.3 Å². The number of amides is 1. The van der Waals surface area contributed by atoms with Crippen LogP contribution in [0.4, 0.5) is 24.8 Å². The summed E-state index contributed by atoms with van der Waals surface area (Å²) < 4.78 is 43.8. The van der Waals surface area contributed by atoms with Crippen LogP contribution in [0.3, 0.4) is 0 Å². The summed E-state index contributed by atoms with van der Waals surface area (Å²) in [7, 11) is 0. The van der Waals surface area contributed by atoms with Crippen molar-refractivity contribution in [1.82, 2.24) is 24.7 Å². The van der Waals surface area contributed by atoms with Gasteiger partial charge < -0.3 is 16.2 Å². The second kappa shape index (κ2) is 7.76. The molecule has 12 heteroatoms. The molecule has 34 heavy (non-hydrogen) atoms. The predicted octanol–water partition coefficient (Wildman–Crippen LogP) is 2.53. The molecule has 1 aliphatic rings. The van der Waals surface area contributed by atoms with E-state index in [1.54, 1.807) is 6.92 Å². The third kappa shape index (κ3) is 3.25. The Kier molecular flexibility index (Phi) is 4.97. The number of carbonyl (C=O) groups excluding carboxylic acids is 1.